The minimum absolute atomic E-state index is 0.655. The highest BCUT2D eigenvalue weighted by atomic mass is 14.9. The fraction of sp³-hybridized carbons (Fsp3) is 0. The second kappa shape index (κ2) is 3.66. The molecule has 3 heterocycles. The Kier molecular flexibility index (Phi) is 2.04. The van der Waals surface area contributed by atoms with E-state index in [-0.39, 0.29) is 0 Å². The Morgan fingerprint density at radius 1 is 0.750 bits per heavy atom. The molecule has 0 N–H and O–H groups in total. The Morgan fingerprint density at radius 2 is 1.69 bits per heavy atom. The van der Waals surface area contributed by atoms with E-state index >= 15 is 0 Å². The lowest BCUT2D eigenvalue weighted by molar-refractivity contribution is 1.20. The molecule has 0 amide bonds. The van der Waals surface area contributed by atoms with Crippen LogP contribution in [0.4, 0.5) is 0 Å². The van der Waals surface area contributed by atoms with E-state index in [1.165, 1.54) is 0 Å². The van der Waals surface area contributed by atoms with Crippen molar-refractivity contribution >= 4 is 11.2 Å². The van der Waals surface area contributed by atoms with E-state index in [1.807, 2.05) is 30.3 Å². The molecule has 0 unspecified atom stereocenters. The van der Waals surface area contributed by atoms with Crippen LogP contribution in [0.15, 0.2) is 48.9 Å². The van der Waals surface area contributed by atoms with Crippen LogP contribution in [0.3, 0.4) is 0 Å². The summed E-state index contributed by atoms with van der Waals surface area (Å²) in [5, 5.41) is 0. The molecule has 0 aliphatic carbocycles. The molecule has 4 heteroatoms. The molecule has 0 saturated carbocycles. The van der Waals surface area contributed by atoms with Gasteiger partial charge < -0.3 is 0 Å². The standard InChI is InChI=1S/C12H8N4/c1-2-6-13-9(4-1)11-8-15-12-10(16-11)5-3-7-14-12/h1-8H. The van der Waals surface area contributed by atoms with Gasteiger partial charge >= 0.3 is 0 Å². The van der Waals surface area contributed by atoms with Crippen LogP contribution in [0.2, 0.25) is 0 Å². The van der Waals surface area contributed by atoms with Crippen molar-refractivity contribution in [3.05, 3.63) is 48.9 Å². The summed E-state index contributed by atoms with van der Waals surface area (Å²) in [7, 11) is 0. The van der Waals surface area contributed by atoms with Gasteiger partial charge in [-0.2, -0.15) is 0 Å². The van der Waals surface area contributed by atoms with E-state index in [0.717, 1.165) is 16.9 Å². The highest BCUT2D eigenvalue weighted by molar-refractivity contribution is 5.72. The molecular formula is C12H8N4. The van der Waals surface area contributed by atoms with Crippen LogP contribution >= 0.6 is 0 Å². The molecule has 0 spiro atoms. The second-order valence-electron chi connectivity index (χ2n) is 3.32. The number of rotatable bonds is 1. The van der Waals surface area contributed by atoms with Crippen LogP contribution in [0.1, 0.15) is 0 Å². The van der Waals surface area contributed by atoms with Crippen LogP contribution in [-0.4, -0.2) is 19.9 Å². The summed E-state index contributed by atoms with van der Waals surface area (Å²) in [6.07, 6.45) is 5.14. The average Bonchev–Trinajstić information content (AvgIpc) is 2.39. The van der Waals surface area contributed by atoms with Crippen molar-refractivity contribution in [1.29, 1.82) is 0 Å². The molecule has 0 aliphatic rings. The Labute approximate surface area is 92.0 Å². The fourth-order valence-electron chi connectivity index (χ4n) is 1.49. The molecule has 76 valence electrons. The molecule has 0 aliphatic heterocycles. The van der Waals surface area contributed by atoms with Crippen LogP contribution in [0.5, 0.6) is 0 Å². The zero-order valence-corrected chi connectivity index (χ0v) is 8.41. The largest absolute Gasteiger partial charge is 0.255 e. The molecule has 0 atom stereocenters. The van der Waals surface area contributed by atoms with Gasteiger partial charge in [0.25, 0.3) is 0 Å². The van der Waals surface area contributed by atoms with Crippen LogP contribution < -0.4 is 0 Å². The number of aromatic nitrogens is 4. The topological polar surface area (TPSA) is 51.6 Å². The molecule has 0 aromatic carbocycles. The highest BCUT2D eigenvalue weighted by Gasteiger charge is 2.02. The minimum atomic E-state index is 0.655. The average molecular weight is 208 g/mol. The summed E-state index contributed by atoms with van der Waals surface area (Å²) >= 11 is 0. The van der Waals surface area contributed by atoms with Gasteiger partial charge in [0.05, 0.1) is 11.9 Å². The van der Waals surface area contributed by atoms with Crippen LogP contribution in [-0.2, 0) is 0 Å². The summed E-state index contributed by atoms with van der Waals surface area (Å²) in [5.74, 6) is 0. The zero-order chi connectivity index (χ0) is 10.8. The Bertz CT molecular complexity index is 622. The maximum absolute atomic E-state index is 4.46. The molecule has 16 heavy (non-hydrogen) atoms. The predicted octanol–water partition coefficient (Wildman–Crippen LogP) is 2.09. The van der Waals surface area contributed by atoms with Crippen molar-refractivity contribution < 1.29 is 0 Å². The maximum Gasteiger partial charge on any atom is 0.178 e. The number of pyridine rings is 2. The molecule has 0 fully saturated rings. The molecule has 3 rings (SSSR count). The summed E-state index contributed by atoms with van der Waals surface area (Å²) in [6, 6.07) is 9.45. The van der Waals surface area contributed by atoms with Gasteiger partial charge in [-0.3, -0.25) is 4.98 Å². The smallest absolute Gasteiger partial charge is 0.178 e. The lowest BCUT2D eigenvalue weighted by Crippen LogP contribution is -1.91. The SMILES string of the molecule is c1ccc(-c2cnc3ncccc3n2)nc1. The lowest BCUT2D eigenvalue weighted by atomic mass is 10.3. The Balaban J connectivity index is 2.19. The Morgan fingerprint density at radius 3 is 2.56 bits per heavy atom. The van der Waals surface area contributed by atoms with Gasteiger partial charge in [-0.1, -0.05) is 6.07 Å². The van der Waals surface area contributed by atoms with E-state index in [0.29, 0.717) is 5.65 Å². The highest BCUT2D eigenvalue weighted by Crippen LogP contribution is 2.14. The van der Waals surface area contributed by atoms with Crippen molar-refractivity contribution in [3.63, 3.8) is 0 Å². The number of nitrogens with zero attached hydrogens (tertiary/aromatic N) is 4. The first-order valence-corrected chi connectivity index (χ1v) is 4.93. The number of hydrogen-bond acceptors (Lipinski definition) is 4. The van der Waals surface area contributed by atoms with Crippen LogP contribution in [0, 0.1) is 0 Å². The molecule has 0 saturated heterocycles. The summed E-state index contributed by atoms with van der Waals surface area (Å²) in [6.45, 7) is 0. The van der Waals surface area contributed by atoms with Crippen molar-refractivity contribution in [2.75, 3.05) is 0 Å². The van der Waals surface area contributed by atoms with Gasteiger partial charge in [-0.25, -0.2) is 15.0 Å². The van der Waals surface area contributed by atoms with Crippen molar-refractivity contribution in [2.45, 2.75) is 0 Å². The van der Waals surface area contributed by atoms with Gasteiger partial charge in [0.1, 0.15) is 11.2 Å². The first-order valence-electron chi connectivity index (χ1n) is 4.93. The van der Waals surface area contributed by atoms with Gasteiger partial charge in [0.2, 0.25) is 0 Å². The second-order valence-corrected chi connectivity index (χ2v) is 3.32. The maximum atomic E-state index is 4.46. The Hall–Kier alpha value is -2.36. The molecule has 3 aromatic rings. The van der Waals surface area contributed by atoms with Gasteiger partial charge in [0, 0.05) is 12.4 Å². The molecular weight excluding hydrogens is 200 g/mol. The van der Waals surface area contributed by atoms with E-state index in [9.17, 15) is 0 Å². The first kappa shape index (κ1) is 8.91. The fourth-order valence-corrected chi connectivity index (χ4v) is 1.49. The van der Waals surface area contributed by atoms with Gasteiger partial charge in [-0.05, 0) is 24.3 Å². The first-order chi connectivity index (χ1) is 7.93. The van der Waals surface area contributed by atoms with E-state index in [1.54, 1.807) is 18.6 Å². The third-order valence-corrected chi connectivity index (χ3v) is 2.24. The van der Waals surface area contributed by atoms with Crippen LogP contribution in [0.25, 0.3) is 22.6 Å². The number of hydrogen-bond donors (Lipinski definition) is 0. The van der Waals surface area contributed by atoms with Crippen molar-refractivity contribution in [2.24, 2.45) is 0 Å². The van der Waals surface area contributed by atoms with E-state index in [4.69, 9.17) is 0 Å². The summed E-state index contributed by atoms with van der Waals surface area (Å²) in [4.78, 5) is 17.1. The third kappa shape index (κ3) is 1.50. The quantitative estimate of drug-likeness (QED) is 0.614. The third-order valence-electron chi connectivity index (χ3n) is 2.24. The minimum Gasteiger partial charge on any atom is -0.255 e. The van der Waals surface area contributed by atoms with E-state index < -0.39 is 0 Å². The van der Waals surface area contributed by atoms with Gasteiger partial charge in [-0.15, -0.1) is 0 Å². The summed E-state index contributed by atoms with van der Waals surface area (Å²) < 4.78 is 0. The number of fused-ring (bicyclic) bond motifs is 1. The summed E-state index contributed by atoms with van der Waals surface area (Å²) in [5.41, 5.74) is 3.02. The molecule has 0 bridgehead atoms. The molecule has 0 radical (unpaired) electrons. The lowest BCUT2D eigenvalue weighted by Gasteiger charge is -2.00. The molecule has 3 aromatic heterocycles. The monoisotopic (exact) mass is 208 g/mol. The normalized spacial score (nSPS) is 10.5. The van der Waals surface area contributed by atoms with E-state index in [2.05, 4.69) is 19.9 Å². The molecule has 4 nitrogen and oxygen atoms in total. The van der Waals surface area contributed by atoms with Crippen molar-refractivity contribution in [3.8, 4) is 11.4 Å². The van der Waals surface area contributed by atoms with Crippen molar-refractivity contribution in [1.82, 2.24) is 19.9 Å². The van der Waals surface area contributed by atoms with Gasteiger partial charge in [0.15, 0.2) is 5.65 Å². The predicted molar refractivity (Wildman–Crippen MR) is 60.6 cm³/mol. The zero-order valence-electron chi connectivity index (χ0n) is 8.41.